The maximum Gasteiger partial charge on any atom is 0.261 e. The number of amides is 1. The summed E-state index contributed by atoms with van der Waals surface area (Å²) in [6.45, 7) is 5.75. The topological polar surface area (TPSA) is 38.3 Å². The zero-order valence-electron chi connectivity index (χ0n) is 13.7. The molecule has 1 N–H and O–H groups in total. The van der Waals surface area contributed by atoms with Crippen molar-refractivity contribution >= 4 is 17.5 Å². The number of rotatable bonds is 6. The van der Waals surface area contributed by atoms with Gasteiger partial charge in [-0.05, 0) is 57.0 Å². The fourth-order valence-corrected chi connectivity index (χ4v) is 2.48. The van der Waals surface area contributed by atoms with Gasteiger partial charge in [0.05, 0.1) is 0 Å². The Bertz CT molecular complexity index is 638. The zero-order chi connectivity index (χ0) is 16.9. The minimum atomic E-state index is -0.578. The highest BCUT2D eigenvalue weighted by molar-refractivity contribution is 6.30. The van der Waals surface area contributed by atoms with Crippen molar-refractivity contribution in [3.05, 3.63) is 65.2 Å². The van der Waals surface area contributed by atoms with Gasteiger partial charge in [0.15, 0.2) is 6.10 Å². The third-order valence-corrected chi connectivity index (χ3v) is 3.70. The number of hydrogen-bond acceptors (Lipinski definition) is 2. The summed E-state index contributed by atoms with van der Waals surface area (Å²) in [6, 6.07) is 17.1. The molecular formula is C19H22ClNO2. The van der Waals surface area contributed by atoms with Crippen LogP contribution in [0.25, 0.3) is 0 Å². The van der Waals surface area contributed by atoms with Crippen LogP contribution < -0.4 is 10.1 Å². The van der Waals surface area contributed by atoms with Gasteiger partial charge in [0.25, 0.3) is 5.91 Å². The Kier molecular flexibility index (Phi) is 5.67. The van der Waals surface area contributed by atoms with E-state index in [0.29, 0.717) is 10.8 Å². The summed E-state index contributed by atoms with van der Waals surface area (Å²) in [4.78, 5) is 12.4. The van der Waals surface area contributed by atoms with Crippen molar-refractivity contribution in [2.45, 2.75) is 38.8 Å². The summed E-state index contributed by atoms with van der Waals surface area (Å²) in [5.74, 6) is 0.485. The van der Waals surface area contributed by atoms with E-state index in [1.165, 1.54) is 5.56 Å². The first-order chi connectivity index (χ1) is 10.9. The Hall–Kier alpha value is -2.00. The Morgan fingerprint density at radius 1 is 1.13 bits per heavy atom. The van der Waals surface area contributed by atoms with Crippen LogP contribution in [0.2, 0.25) is 5.02 Å². The second kappa shape index (κ2) is 7.51. The van der Waals surface area contributed by atoms with Crippen molar-refractivity contribution < 1.29 is 9.53 Å². The number of nitrogens with one attached hydrogen (secondary N) is 1. The van der Waals surface area contributed by atoms with E-state index in [1.54, 1.807) is 31.2 Å². The van der Waals surface area contributed by atoms with Crippen LogP contribution >= 0.6 is 11.6 Å². The summed E-state index contributed by atoms with van der Waals surface area (Å²) in [5.41, 5.74) is 0.833. The van der Waals surface area contributed by atoms with E-state index in [-0.39, 0.29) is 11.4 Å². The van der Waals surface area contributed by atoms with Crippen LogP contribution in [0.15, 0.2) is 54.6 Å². The minimum absolute atomic E-state index is 0.138. The second-order valence-corrected chi connectivity index (χ2v) is 6.69. The molecule has 2 rings (SSSR count). The number of carbonyl (C=O) groups is 1. The number of ether oxygens (including phenoxy) is 1. The molecule has 0 bridgehead atoms. The van der Waals surface area contributed by atoms with Gasteiger partial charge in [-0.25, -0.2) is 0 Å². The molecule has 3 nitrogen and oxygen atoms in total. The SMILES string of the molecule is C[C@H](Oc1ccc(Cl)cc1)C(=O)NC(C)(C)Cc1ccccc1. The second-order valence-electron chi connectivity index (χ2n) is 6.25. The fraction of sp³-hybridized carbons (Fsp3) is 0.316. The first-order valence-electron chi connectivity index (χ1n) is 7.64. The predicted octanol–water partition coefficient (Wildman–Crippen LogP) is 4.24. The van der Waals surface area contributed by atoms with E-state index < -0.39 is 6.10 Å². The molecule has 0 saturated heterocycles. The molecule has 0 aliphatic heterocycles. The molecule has 0 heterocycles. The molecule has 4 heteroatoms. The summed E-state index contributed by atoms with van der Waals surface area (Å²) in [7, 11) is 0. The standard InChI is InChI=1S/C19H22ClNO2/c1-14(23-17-11-9-16(20)10-12-17)18(22)21-19(2,3)13-15-7-5-4-6-8-15/h4-12,14H,13H2,1-3H3,(H,21,22)/t14-/m0/s1. The van der Waals surface area contributed by atoms with Crippen molar-refractivity contribution in [3.8, 4) is 5.75 Å². The van der Waals surface area contributed by atoms with Gasteiger partial charge in [-0.3, -0.25) is 4.79 Å². The number of hydrogen-bond donors (Lipinski definition) is 1. The molecule has 0 aliphatic rings. The van der Waals surface area contributed by atoms with Gasteiger partial charge < -0.3 is 10.1 Å². The average molecular weight is 332 g/mol. The van der Waals surface area contributed by atoms with Crippen LogP contribution in [0.3, 0.4) is 0 Å². The van der Waals surface area contributed by atoms with Crippen molar-refractivity contribution in [1.29, 1.82) is 0 Å². The molecule has 0 spiro atoms. The molecule has 0 aliphatic carbocycles. The van der Waals surface area contributed by atoms with Crippen molar-refractivity contribution in [1.82, 2.24) is 5.32 Å². The zero-order valence-corrected chi connectivity index (χ0v) is 14.4. The fourth-order valence-electron chi connectivity index (χ4n) is 2.36. The molecule has 0 fully saturated rings. The van der Waals surface area contributed by atoms with Gasteiger partial charge in [-0.1, -0.05) is 41.9 Å². The maximum atomic E-state index is 12.4. The first-order valence-corrected chi connectivity index (χ1v) is 8.02. The normalized spacial score (nSPS) is 12.5. The lowest BCUT2D eigenvalue weighted by atomic mass is 9.94. The van der Waals surface area contributed by atoms with Gasteiger partial charge >= 0.3 is 0 Å². The molecule has 0 aromatic heterocycles. The lowest BCUT2D eigenvalue weighted by molar-refractivity contribution is -0.128. The smallest absolute Gasteiger partial charge is 0.261 e. The number of carbonyl (C=O) groups excluding carboxylic acids is 1. The van der Waals surface area contributed by atoms with Crippen LogP contribution in [-0.2, 0) is 11.2 Å². The first kappa shape index (κ1) is 17.4. The van der Waals surface area contributed by atoms with Gasteiger partial charge in [0.1, 0.15) is 5.75 Å². The van der Waals surface area contributed by atoms with E-state index in [0.717, 1.165) is 6.42 Å². The third-order valence-electron chi connectivity index (χ3n) is 3.45. The third kappa shape index (κ3) is 5.61. The Balaban J connectivity index is 1.92. The molecule has 0 saturated carbocycles. The average Bonchev–Trinajstić information content (AvgIpc) is 2.49. The minimum Gasteiger partial charge on any atom is -0.481 e. The van der Waals surface area contributed by atoms with Crippen LogP contribution in [0.1, 0.15) is 26.3 Å². The van der Waals surface area contributed by atoms with Crippen LogP contribution in [-0.4, -0.2) is 17.6 Å². The van der Waals surface area contributed by atoms with Crippen LogP contribution in [0, 0.1) is 0 Å². The van der Waals surface area contributed by atoms with Gasteiger partial charge in [-0.15, -0.1) is 0 Å². The van der Waals surface area contributed by atoms with Crippen molar-refractivity contribution in [3.63, 3.8) is 0 Å². The quantitative estimate of drug-likeness (QED) is 0.859. The molecule has 0 unspecified atom stereocenters. The van der Waals surface area contributed by atoms with E-state index in [4.69, 9.17) is 16.3 Å². The molecule has 23 heavy (non-hydrogen) atoms. The van der Waals surface area contributed by atoms with Gasteiger partial charge in [-0.2, -0.15) is 0 Å². The van der Waals surface area contributed by atoms with E-state index in [9.17, 15) is 4.79 Å². The largest absolute Gasteiger partial charge is 0.481 e. The highest BCUT2D eigenvalue weighted by Crippen LogP contribution is 2.18. The van der Waals surface area contributed by atoms with Gasteiger partial charge in [0.2, 0.25) is 0 Å². The molecule has 122 valence electrons. The highest BCUT2D eigenvalue weighted by Gasteiger charge is 2.24. The van der Waals surface area contributed by atoms with E-state index >= 15 is 0 Å². The van der Waals surface area contributed by atoms with E-state index in [1.807, 2.05) is 32.0 Å². The lowest BCUT2D eigenvalue weighted by Gasteiger charge is -2.28. The summed E-state index contributed by atoms with van der Waals surface area (Å²) >= 11 is 5.84. The number of benzene rings is 2. The molecule has 1 atom stereocenters. The predicted molar refractivity (Wildman–Crippen MR) is 93.9 cm³/mol. The molecule has 1 amide bonds. The molecule has 0 radical (unpaired) electrons. The summed E-state index contributed by atoms with van der Waals surface area (Å²) in [5, 5.41) is 3.68. The molecule has 2 aromatic carbocycles. The molecular weight excluding hydrogens is 310 g/mol. The number of halogens is 1. The Labute approximate surface area is 142 Å². The Morgan fingerprint density at radius 3 is 2.35 bits per heavy atom. The van der Waals surface area contributed by atoms with Crippen LogP contribution in [0.5, 0.6) is 5.75 Å². The highest BCUT2D eigenvalue weighted by atomic mass is 35.5. The van der Waals surface area contributed by atoms with Crippen molar-refractivity contribution in [2.75, 3.05) is 0 Å². The molecule has 2 aromatic rings. The van der Waals surface area contributed by atoms with E-state index in [2.05, 4.69) is 17.4 Å². The lowest BCUT2D eigenvalue weighted by Crippen LogP contribution is -2.49. The monoisotopic (exact) mass is 331 g/mol. The maximum absolute atomic E-state index is 12.4. The summed E-state index contributed by atoms with van der Waals surface area (Å²) in [6.07, 6.45) is 0.180. The Morgan fingerprint density at radius 2 is 1.74 bits per heavy atom. The van der Waals surface area contributed by atoms with Crippen LogP contribution in [0.4, 0.5) is 0 Å². The van der Waals surface area contributed by atoms with Gasteiger partial charge in [0, 0.05) is 10.6 Å². The van der Waals surface area contributed by atoms with Crippen molar-refractivity contribution in [2.24, 2.45) is 0 Å². The summed E-state index contributed by atoms with van der Waals surface area (Å²) < 4.78 is 5.66.